The van der Waals surface area contributed by atoms with Crippen LogP contribution < -0.4 is 9.47 Å². The van der Waals surface area contributed by atoms with Gasteiger partial charge in [-0.1, -0.05) is 97.1 Å². The number of ether oxygens (including phenoxy) is 2. The summed E-state index contributed by atoms with van der Waals surface area (Å²) in [5.41, 5.74) is 0. The van der Waals surface area contributed by atoms with Crippen molar-refractivity contribution in [1.29, 1.82) is 0 Å². The van der Waals surface area contributed by atoms with E-state index in [4.69, 9.17) is 9.47 Å². The maximum Gasteiger partial charge on any atom is 0.135 e. The van der Waals surface area contributed by atoms with E-state index in [2.05, 4.69) is 109 Å². The highest BCUT2D eigenvalue weighted by molar-refractivity contribution is 6.06. The van der Waals surface area contributed by atoms with E-state index in [1.165, 1.54) is 21.5 Å². The summed E-state index contributed by atoms with van der Waals surface area (Å²) in [6.45, 7) is 0.936. The molecule has 0 unspecified atom stereocenters. The lowest BCUT2D eigenvalue weighted by atomic mass is 10.0. The third-order valence-corrected chi connectivity index (χ3v) is 6.02. The van der Waals surface area contributed by atoms with Gasteiger partial charge in [0, 0.05) is 21.5 Å². The number of rotatable bonds is 5. The molecule has 6 aromatic rings. The Morgan fingerprint density at radius 2 is 0.656 bits per heavy atom. The first-order chi connectivity index (χ1) is 15.9. The molecule has 2 heteroatoms. The normalized spacial score (nSPS) is 11.4. The van der Waals surface area contributed by atoms with E-state index in [9.17, 15) is 0 Å². The van der Waals surface area contributed by atoms with Gasteiger partial charge in [0.1, 0.15) is 24.7 Å². The summed E-state index contributed by atoms with van der Waals surface area (Å²) < 4.78 is 12.7. The van der Waals surface area contributed by atoms with E-state index in [1.807, 2.05) is 0 Å². The molecule has 0 aromatic heterocycles. The highest BCUT2D eigenvalue weighted by Crippen LogP contribution is 2.36. The quantitative estimate of drug-likeness (QED) is 0.212. The molecule has 0 heterocycles. The average molecular weight is 415 g/mol. The number of hydrogen-bond donors (Lipinski definition) is 0. The fraction of sp³-hybridized carbons (Fsp3) is 0.0667. The van der Waals surface area contributed by atoms with Crippen LogP contribution in [0.3, 0.4) is 0 Å². The predicted octanol–water partition coefficient (Wildman–Crippen LogP) is 7.76. The molecule has 32 heavy (non-hydrogen) atoms. The summed E-state index contributed by atoms with van der Waals surface area (Å²) in [6.07, 6.45) is 0. The summed E-state index contributed by atoms with van der Waals surface area (Å²) in [4.78, 5) is 0. The van der Waals surface area contributed by atoms with Crippen LogP contribution in [0.1, 0.15) is 0 Å². The maximum atomic E-state index is 6.35. The topological polar surface area (TPSA) is 18.5 Å². The van der Waals surface area contributed by atoms with Gasteiger partial charge in [0.15, 0.2) is 0 Å². The Labute approximate surface area is 186 Å². The van der Waals surface area contributed by atoms with Gasteiger partial charge >= 0.3 is 0 Å². The molecule has 0 saturated carbocycles. The molecule has 2 nitrogen and oxygen atoms in total. The Balaban J connectivity index is 1.32. The minimum absolute atomic E-state index is 0.468. The number of fused-ring (bicyclic) bond motifs is 4. The summed E-state index contributed by atoms with van der Waals surface area (Å²) in [7, 11) is 0. The molecule has 0 amide bonds. The van der Waals surface area contributed by atoms with Crippen LogP contribution in [0.2, 0.25) is 0 Å². The number of benzene rings is 6. The maximum absolute atomic E-state index is 6.35. The van der Waals surface area contributed by atoms with Gasteiger partial charge in [0.25, 0.3) is 0 Å². The third-order valence-electron chi connectivity index (χ3n) is 6.02. The molecule has 0 spiro atoms. The van der Waals surface area contributed by atoms with Gasteiger partial charge in [-0.25, -0.2) is 0 Å². The van der Waals surface area contributed by atoms with Crippen molar-refractivity contribution in [2.24, 2.45) is 0 Å². The Morgan fingerprint density at radius 1 is 0.375 bits per heavy atom. The smallest absolute Gasteiger partial charge is 0.135 e. The average Bonchev–Trinajstić information content (AvgIpc) is 2.85. The molecule has 0 aliphatic rings. The molecule has 154 valence electrons. The lowest BCUT2D eigenvalue weighted by Gasteiger charge is -2.15. The van der Waals surface area contributed by atoms with E-state index >= 15 is 0 Å². The van der Waals surface area contributed by atoms with E-state index in [-0.39, 0.29) is 0 Å². The van der Waals surface area contributed by atoms with Crippen molar-refractivity contribution >= 4 is 43.1 Å². The molecule has 0 bridgehead atoms. The number of hydrogen-bond acceptors (Lipinski definition) is 2. The van der Waals surface area contributed by atoms with Crippen molar-refractivity contribution in [3.8, 4) is 11.5 Å². The fourth-order valence-corrected chi connectivity index (χ4v) is 4.54. The Bertz CT molecular complexity index is 1350. The Morgan fingerprint density at radius 3 is 0.969 bits per heavy atom. The molecular weight excluding hydrogens is 392 g/mol. The molecule has 0 aliphatic carbocycles. The van der Waals surface area contributed by atoms with Crippen LogP contribution in [0.5, 0.6) is 11.5 Å². The van der Waals surface area contributed by atoms with Crippen molar-refractivity contribution in [2.75, 3.05) is 13.2 Å². The predicted molar refractivity (Wildman–Crippen MR) is 134 cm³/mol. The van der Waals surface area contributed by atoms with Gasteiger partial charge in [-0.3, -0.25) is 0 Å². The first-order valence-corrected chi connectivity index (χ1v) is 10.9. The Kier molecular flexibility index (Phi) is 4.62. The summed E-state index contributed by atoms with van der Waals surface area (Å²) in [5.74, 6) is 1.84. The zero-order valence-electron chi connectivity index (χ0n) is 17.6. The molecule has 0 atom stereocenters. The molecular formula is C30H22O2. The van der Waals surface area contributed by atoms with Crippen LogP contribution in [0.25, 0.3) is 43.1 Å². The molecule has 0 radical (unpaired) electrons. The van der Waals surface area contributed by atoms with Crippen LogP contribution in [0, 0.1) is 0 Å². The van der Waals surface area contributed by atoms with E-state index in [0.29, 0.717) is 13.2 Å². The first kappa shape index (κ1) is 18.7. The van der Waals surface area contributed by atoms with E-state index < -0.39 is 0 Å². The zero-order valence-corrected chi connectivity index (χ0v) is 17.6. The van der Waals surface area contributed by atoms with Crippen LogP contribution in [0.4, 0.5) is 0 Å². The molecule has 6 aromatic carbocycles. The molecule has 0 fully saturated rings. The third kappa shape index (κ3) is 3.21. The lowest BCUT2D eigenvalue weighted by molar-refractivity contribution is 0.223. The van der Waals surface area contributed by atoms with Crippen molar-refractivity contribution in [2.45, 2.75) is 0 Å². The minimum atomic E-state index is 0.468. The van der Waals surface area contributed by atoms with Crippen LogP contribution in [0.15, 0.2) is 109 Å². The second-order valence-electron chi connectivity index (χ2n) is 7.99. The summed E-state index contributed by atoms with van der Waals surface area (Å²) in [6, 6.07) is 37.9. The van der Waals surface area contributed by atoms with E-state index in [0.717, 1.165) is 33.0 Å². The zero-order chi connectivity index (χ0) is 21.3. The highest BCUT2D eigenvalue weighted by atomic mass is 16.5. The minimum Gasteiger partial charge on any atom is -0.489 e. The SMILES string of the molecule is c1ccc2c(OCCOc3c4ccccc4cc4ccccc34)c3ccccc3cc2c1. The Hall–Kier alpha value is -4.04. The molecule has 0 N–H and O–H groups in total. The van der Waals surface area contributed by atoms with Crippen molar-refractivity contribution in [3.63, 3.8) is 0 Å². The van der Waals surface area contributed by atoms with E-state index in [1.54, 1.807) is 0 Å². The van der Waals surface area contributed by atoms with Crippen molar-refractivity contribution in [1.82, 2.24) is 0 Å². The molecule has 0 saturated heterocycles. The van der Waals surface area contributed by atoms with Gasteiger partial charge in [-0.15, -0.1) is 0 Å². The van der Waals surface area contributed by atoms with Gasteiger partial charge in [0.05, 0.1) is 0 Å². The first-order valence-electron chi connectivity index (χ1n) is 10.9. The summed E-state index contributed by atoms with van der Waals surface area (Å²) >= 11 is 0. The van der Waals surface area contributed by atoms with Crippen molar-refractivity contribution < 1.29 is 9.47 Å². The highest BCUT2D eigenvalue weighted by Gasteiger charge is 2.11. The molecule has 0 aliphatic heterocycles. The van der Waals surface area contributed by atoms with Gasteiger partial charge in [-0.05, 0) is 33.7 Å². The van der Waals surface area contributed by atoms with Crippen molar-refractivity contribution in [3.05, 3.63) is 109 Å². The lowest BCUT2D eigenvalue weighted by Crippen LogP contribution is -2.10. The van der Waals surface area contributed by atoms with Gasteiger partial charge in [-0.2, -0.15) is 0 Å². The molecule has 6 rings (SSSR count). The van der Waals surface area contributed by atoms with Gasteiger partial charge in [0.2, 0.25) is 0 Å². The van der Waals surface area contributed by atoms with Crippen LogP contribution in [-0.2, 0) is 0 Å². The standard InChI is InChI=1S/C30H22O2/c1-5-13-25-21(9-1)19-22-10-2-6-14-26(22)29(25)31-17-18-32-30-27-15-7-3-11-23(27)20-24-12-4-8-16-28(24)30/h1-16,19-20H,17-18H2. The second kappa shape index (κ2) is 7.90. The summed E-state index contributed by atoms with van der Waals surface area (Å²) in [5, 5.41) is 9.24. The van der Waals surface area contributed by atoms with Gasteiger partial charge < -0.3 is 9.47 Å². The fourth-order valence-electron chi connectivity index (χ4n) is 4.54. The van der Waals surface area contributed by atoms with Crippen LogP contribution in [-0.4, -0.2) is 13.2 Å². The van der Waals surface area contributed by atoms with Crippen LogP contribution >= 0.6 is 0 Å². The second-order valence-corrected chi connectivity index (χ2v) is 7.99. The largest absolute Gasteiger partial charge is 0.489 e. The monoisotopic (exact) mass is 414 g/mol.